The molecule has 1 atom stereocenters. The van der Waals surface area contributed by atoms with Gasteiger partial charge in [0.15, 0.2) is 0 Å². The largest absolute Gasteiger partial charge is 0.326 e. The van der Waals surface area contributed by atoms with E-state index in [1.54, 1.807) is 0 Å². The van der Waals surface area contributed by atoms with Gasteiger partial charge in [-0.15, -0.1) is 11.6 Å². The van der Waals surface area contributed by atoms with Gasteiger partial charge in [-0.1, -0.05) is 12.5 Å². The van der Waals surface area contributed by atoms with Crippen LogP contribution in [0.15, 0.2) is 18.2 Å². The Balaban J connectivity index is 2.10. The highest BCUT2D eigenvalue weighted by Crippen LogP contribution is 2.32. The average Bonchev–Trinajstić information content (AvgIpc) is 2.61. The number of aromatic nitrogens is 2. The Kier molecular flexibility index (Phi) is 3.06. The molecule has 1 aliphatic rings. The predicted octanol–water partition coefficient (Wildman–Crippen LogP) is 4.44. The van der Waals surface area contributed by atoms with E-state index in [1.165, 1.54) is 30.3 Å². The fraction of sp³-hybridized carbons (Fsp3) is 0.533. The number of fused-ring (bicyclic) bond motifs is 1. The summed E-state index contributed by atoms with van der Waals surface area (Å²) in [6.07, 6.45) is 4.07. The molecule has 0 aliphatic heterocycles. The van der Waals surface area contributed by atoms with Gasteiger partial charge in [-0.25, -0.2) is 4.98 Å². The Hall–Kier alpha value is -1.02. The Morgan fingerprint density at radius 2 is 2.22 bits per heavy atom. The van der Waals surface area contributed by atoms with Crippen molar-refractivity contribution in [1.29, 1.82) is 0 Å². The molecule has 0 N–H and O–H groups in total. The number of imidazole rings is 1. The summed E-state index contributed by atoms with van der Waals surface area (Å²) in [6.45, 7) is 5.21. The zero-order chi connectivity index (χ0) is 12.7. The molecule has 1 aromatic heterocycles. The lowest BCUT2D eigenvalue weighted by Gasteiger charge is -2.27. The number of aryl methyl sites for hydroxylation is 1. The van der Waals surface area contributed by atoms with Gasteiger partial charge in [0.1, 0.15) is 5.82 Å². The van der Waals surface area contributed by atoms with Crippen LogP contribution in [0, 0.1) is 12.8 Å². The van der Waals surface area contributed by atoms with E-state index in [0.29, 0.717) is 0 Å². The first-order valence-corrected chi connectivity index (χ1v) is 7.19. The number of hydrogen-bond donors (Lipinski definition) is 0. The maximum atomic E-state index is 6.28. The molecular weight excluding hydrogens is 244 g/mol. The van der Waals surface area contributed by atoms with E-state index in [9.17, 15) is 0 Å². The summed E-state index contributed by atoms with van der Waals surface area (Å²) < 4.78 is 2.34. The van der Waals surface area contributed by atoms with Gasteiger partial charge in [-0.05, 0) is 50.3 Å². The van der Waals surface area contributed by atoms with Gasteiger partial charge in [0.25, 0.3) is 0 Å². The van der Waals surface area contributed by atoms with Gasteiger partial charge in [0, 0.05) is 6.54 Å². The van der Waals surface area contributed by atoms with E-state index in [1.807, 2.05) is 6.92 Å². The van der Waals surface area contributed by atoms with Crippen molar-refractivity contribution in [2.75, 3.05) is 0 Å². The summed E-state index contributed by atoms with van der Waals surface area (Å²) in [5.41, 5.74) is 3.60. The number of benzene rings is 1. The predicted molar refractivity (Wildman–Crippen MR) is 76.1 cm³/mol. The molecule has 18 heavy (non-hydrogen) atoms. The average molecular weight is 263 g/mol. The molecule has 0 radical (unpaired) electrons. The Morgan fingerprint density at radius 1 is 1.44 bits per heavy atom. The van der Waals surface area contributed by atoms with Crippen LogP contribution in [0.5, 0.6) is 0 Å². The van der Waals surface area contributed by atoms with Crippen LogP contribution in [0.25, 0.3) is 11.0 Å². The van der Waals surface area contributed by atoms with Crippen LogP contribution < -0.4 is 0 Å². The molecule has 1 aromatic carbocycles. The third-order valence-electron chi connectivity index (χ3n) is 3.95. The second-order valence-electron chi connectivity index (χ2n) is 5.49. The minimum absolute atomic E-state index is 0.0298. The van der Waals surface area contributed by atoms with Gasteiger partial charge in [-0.3, -0.25) is 0 Å². The van der Waals surface area contributed by atoms with E-state index in [-0.39, 0.29) is 5.38 Å². The lowest BCUT2D eigenvalue weighted by molar-refractivity contribution is 0.276. The van der Waals surface area contributed by atoms with Crippen molar-refractivity contribution in [3.05, 3.63) is 29.6 Å². The molecule has 1 aliphatic carbocycles. The van der Waals surface area contributed by atoms with Crippen molar-refractivity contribution < 1.29 is 0 Å². The maximum Gasteiger partial charge on any atom is 0.127 e. The molecule has 1 unspecified atom stereocenters. The topological polar surface area (TPSA) is 17.8 Å². The van der Waals surface area contributed by atoms with E-state index < -0.39 is 0 Å². The first-order valence-electron chi connectivity index (χ1n) is 6.76. The fourth-order valence-corrected chi connectivity index (χ4v) is 2.85. The van der Waals surface area contributed by atoms with Crippen LogP contribution in [0.3, 0.4) is 0 Å². The van der Waals surface area contributed by atoms with Gasteiger partial charge >= 0.3 is 0 Å². The molecule has 2 nitrogen and oxygen atoms in total. The van der Waals surface area contributed by atoms with Crippen LogP contribution in [0.1, 0.15) is 43.0 Å². The molecule has 96 valence electrons. The minimum atomic E-state index is -0.0298. The Bertz CT molecular complexity index is 567. The van der Waals surface area contributed by atoms with Crippen molar-refractivity contribution in [2.24, 2.45) is 5.92 Å². The Labute approximate surface area is 113 Å². The monoisotopic (exact) mass is 262 g/mol. The molecule has 1 heterocycles. The molecule has 1 fully saturated rings. The number of halogens is 1. The Morgan fingerprint density at radius 3 is 2.83 bits per heavy atom. The minimum Gasteiger partial charge on any atom is -0.326 e. The summed E-state index contributed by atoms with van der Waals surface area (Å²) in [7, 11) is 0. The highest BCUT2D eigenvalue weighted by molar-refractivity contribution is 6.20. The van der Waals surface area contributed by atoms with Gasteiger partial charge in [0.2, 0.25) is 0 Å². The van der Waals surface area contributed by atoms with Gasteiger partial charge in [-0.2, -0.15) is 0 Å². The second-order valence-corrected chi connectivity index (χ2v) is 6.14. The summed E-state index contributed by atoms with van der Waals surface area (Å²) in [4.78, 5) is 4.70. The van der Waals surface area contributed by atoms with Crippen LogP contribution in [-0.4, -0.2) is 9.55 Å². The second kappa shape index (κ2) is 4.58. The summed E-state index contributed by atoms with van der Waals surface area (Å²) >= 11 is 6.28. The normalized spacial score (nSPS) is 17.9. The molecule has 3 rings (SSSR count). The van der Waals surface area contributed by atoms with Crippen molar-refractivity contribution in [1.82, 2.24) is 9.55 Å². The van der Waals surface area contributed by atoms with E-state index in [0.717, 1.165) is 23.8 Å². The van der Waals surface area contributed by atoms with Crippen molar-refractivity contribution in [2.45, 2.75) is 45.0 Å². The van der Waals surface area contributed by atoms with E-state index in [2.05, 4.69) is 29.7 Å². The lowest BCUT2D eigenvalue weighted by atomic mass is 9.85. The molecule has 0 bridgehead atoms. The van der Waals surface area contributed by atoms with E-state index >= 15 is 0 Å². The smallest absolute Gasteiger partial charge is 0.127 e. The third-order valence-corrected chi connectivity index (χ3v) is 4.15. The summed E-state index contributed by atoms with van der Waals surface area (Å²) in [6, 6.07) is 6.44. The van der Waals surface area contributed by atoms with Crippen molar-refractivity contribution >= 4 is 22.6 Å². The van der Waals surface area contributed by atoms with Crippen molar-refractivity contribution in [3.8, 4) is 0 Å². The highest BCUT2D eigenvalue weighted by atomic mass is 35.5. The van der Waals surface area contributed by atoms with Gasteiger partial charge < -0.3 is 4.57 Å². The summed E-state index contributed by atoms with van der Waals surface area (Å²) in [5, 5.41) is -0.0298. The SMILES string of the molecule is Cc1ccc2nc(C(C)Cl)n(CC3CCC3)c2c1. The molecular formula is C15H19ClN2. The number of alkyl halides is 1. The third kappa shape index (κ3) is 2.03. The maximum absolute atomic E-state index is 6.28. The number of nitrogens with zero attached hydrogens (tertiary/aromatic N) is 2. The van der Waals surface area contributed by atoms with E-state index in [4.69, 9.17) is 16.6 Å². The highest BCUT2D eigenvalue weighted by Gasteiger charge is 2.22. The summed E-state index contributed by atoms with van der Waals surface area (Å²) in [5.74, 6) is 1.83. The molecule has 0 amide bonds. The van der Waals surface area contributed by atoms with Crippen LogP contribution in [-0.2, 0) is 6.54 Å². The molecule has 0 spiro atoms. The standard InChI is InChI=1S/C15H19ClN2/c1-10-6-7-13-14(8-10)18(9-12-4-3-5-12)15(17-13)11(2)16/h6-8,11-12H,3-5,9H2,1-2H3. The van der Waals surface area contributed by atoms with Gasteiger partial charge in [0.05, 0.1) is 16.4 Å². The quantitative estimate of drug-likeness (QED) is 0.748. The number of hydrogen-bond acceptors (Lipinski definition) is 1. The van der Waals surface area contributed by atoms with Crippen molar-refractivity contribution in [3.63, 3.8) is 0 Å². The molecule has 3 heteroatoms. The fourth-order valence-electron chi connectivity index (χ4n) is 2.68. The molecule has 0 saturated heterocycles. The van der Waals surface area contributed by atoms with Crippen LogP contribution in [0.2, 0.25) is 0 Å². The molecule has 2 aromatic rings. The first kappa shape index (κ1) is 12.0. The van der Waals surface area contributed by atoms with Crippen LogP contribution in [0.4, 0.5) is 0 Å². The number of rotatable bonds is 3. The first-order chi connectivity index (χ1) is 8.65. The zero-order valence-corrected chi connectivity index (χ0v) is 11.7. The van der Waals surface area contributed by atoms with Crippen LogP contribution >= 0.6 is 11.6 Å². The molecule has 1 saturated carbocycles. The lowest BCUT2D eigenvalue weighted by Crippen LogP contribution is -2.19. The zero-order valence-electron chi connectivity index (χ0n) is 11.0.